The Bertz CT molecular complexity index is 628. The number of carbonyl (C=O) groups excluding carboxylic acids is 1. The number of amides is 1. The number of benzene rings is 1. The Morgan fingerprint density at radius 2 is 2.09 bits per heavy atom. The lowest BCUT2D eigenvalue weighted by atomic mass is 9.65. The molecular formula is C19H27ClN2O. The van der Waals surface area contributed by atoms with Gasteiger partial charge in [0.25, 0.3) is 0 Å². The van der Waals surface area contributed by atoms with Crippen LogP contribution in [0.25, 0.3) is 0 Å². The van der Waals surface area contributed by atoms with E-state index in [1.54, 1.807) is 0 Å². The van der Waals surface area contributed by atoms with E-state index >= 15 is 0 Å². The fourth-order valence-electron chi connectivity index (χ4n) is 4.82. The molecule has 1 aromatic carbocycles. The summed E-state index contributed by atoms with van der Waals surface area (Å²) in [5, 5.41) is 4.00. The molecule has 1 aliphatic heterocycles. The van der Waals surface area contributed by atoms with Gasteiger partial charge >= 0.3 is 0 Å². The third-order valence-corrected chi connectivity index (χ3v) is 5.84. The molecule has 3 nitrogen and oxygen atoms in total. The lowest BCUT2D eigenvalue weighted by molar-refractivity contribution is -0.130. The number of carbonyl (C=O) groups is 1. The second-order valence-electron chi connectivity index (χ2n) is 8.50. The van der Waals surface area contributed by atoms with Crippen LogP contribution in [0.15, 0.2) is 18.2 Å². The maximum atomic E-state index is 12.7. The molecule has 23 heavy (non-hydrogen) atoms. The molecule has 3 rings (SSSR count). The van der Waals surface area contributed by atoms with Gasteiger partial charge in [-0.3, -0.25) is 4.79 Å². The molecule has 2 atom stereocenters. The number of rotatable bonds is 3. The third-order valence-electron chi connectivity index (χ3n) is 5.43. The van der Waals surface area contributed by atoms with Gasteiger partial charge in [-0.2, -0.15) is 0 Å². The number of hydrogen-bond donors (Lipinski definition) is 1. The Kier molecular flexibility index (Phi) is 4.12. The highest BCUT2D eigenvalue weighted by Crippen LogP contribution is 2.52. The Morgan fingerprint density at radius 3 is 2.83 bits per heavy atom. The quantitative estimate of drug-likeness (QED) is 0.883. The van der Waals surface area contributed by atoms with Crippen LogP contribution in [0.3, 0.4) is 0 Å². The summed E-state index contributed by atoms with van der Waals surface area (Å²) in [6.07, 6.45) is 3.48. The largest absolute Gasteiger partial charge is 0.376 e. The maximum absolute atomic E-state index is 12.7. The SMILES string of the molecule is Cc1c(Cl)cccc1NCC(=O)N1C[C@@]2(C)C[C@H]1CC(C)(C)C2. The van der Waals surface area contributed by atoms with Crippen molar-refractivity contribution in [2.24, 2.45) is 10.8 Å². The predicted molar refractivity (Wildman–Crippen MR) is 95.9 cm³/mol. The van der Waals surface area contributed by atoms with Gasteiger partial charge in [0.15, 0.2) is 0 Å². The van der Waals surface area contributed by atoms with Crippen LogP contribution in [0.1, 0.15) is 45.6 Å². The predicted octanol–water partition coefficient (Wildman–Crippen LogP) is 4.49. The van der Waals surface area contributed by atoms with Crippen LogP contribution in [-0.4, -0.2) is 29.9 Å². The van der Waals surface area contributed by atoms with Crippen molar-refractivity contribution in [2.45, 2.75) is 53.0 Å². The van der Waals surface area contributed by atoms with Crippen LogP contribution in [0.4, 0.5) is 5.69 Å². The molecule has 1 N–H and O–H groups in total. The normalized spacial score (nSPS) is 28.7. The Hall–Kier alpha value is -1.22. The van der Waals surface area contributed by atoms with Crippen LogP contribution < -0.4 is 5.32 Å². The minimum absolute atomic E-state index is 0.204. The van der Waals surface area contributed by atoms with Gasteiger partial charge in [-0.05, 0) is 54.7 Å². The molecule has 1 heterocycles. The standard InChI is InChI=1S/C19H27ClN2O/c1-13-15(20)6-5-7-16(13)21-10-17(23)22-12-19(4)9-14(22)8-18(2,3)11-19/h5-7,14,21H,8-12H2,1-4H3/t14-,19+/m1/s1. The summed E-state index contributed by atoms with van der Waals surface area (Å²) in [5.74, 6) is 0.204. The molecule has 1 saturated heterocycles. The smallest absolute Gasteiger partial charge is 0.242 e. The molecule has 2 fully saturated rings. The van der Waals surface area contributed by atoms with Crippen molar-refractivity contribution in [1.82, 2.24) is 4.90 Å². The first-order chi connectivity index (χ1) is 10.7. The maximum Gasteiger partial charge on any atom is 0.242 e. The molecule has 1 amide bonds. The summed E-state index contributed by atoms with van der Waals surface area (Å²) in [6.45, 7) is 10.2. The fraction of sp³-hybridized carbons (Fsp3) is 0.632. The van der Waals surface area contributed by atoms with Crippen LogP contribution >= 0.6 is 11.6 Å². The van der Waals surface area contributed by atoms with E-state index in [1.165, 1.54) is 6.42 Å². The van der Waals surface area contributed by atoms with E-state index in [0.717, 1.165) is 35.7 Å². The number of likely N-dealkylation sites (tertiary alicyclic amines) is 1. The topological polar surface area (TPSA) is 32.3 Å². The number of nitrogens with one attached hydrogen (secondary N) is 1. The zero-order valence-electron chi connectivity index (χ0n) is 14.6. The highest BCUT2D eigenvalue weighted by Gasteiger charge is 2.50. The number of fused-ring (bicyclic) bond motifs is 2. The van der Waals surface area contributed by atoms with Crippen LogP contribution in [-0.2, 0) is 4.79 Å². The molecule has 1 aliphatic carbocycles. The van der Waals surface area contributed by atoms with Gasteiger partial charge in [0.2, 0.25) is 5.91 Å². The van der Waals surface area contributed by atoms with Crippen LogP contribution in [0.5, 0.6) is 0 Å². The number of halogens is 1. The zero-order chi connectivity index (χ0) is 16.8. The van der Waals surface area contributed by atoms with Gasteiger partial charge < -0.3 is 10.2 Å². The first kappa shape index (κ1) is 16.6. The second kappa shape index (κ2) is 5.70. The molecule has 0 unspecified atom stereocenters. The van der Waals surface area contributed by atoms with Crippen molar-refractivity contribution in [1.29, 1.82) is 0 Å². The molecule has 0 aromatic heterocycles. The lowest BCUT2D eigenvalue weighted by Crippen LogP contribution is -2.40. The first-order valence-corrected chi connectivity index (χ1v) is 8.85. The average Bonchev–Trinajstić information content (AvgIpc) is 2.69. The van der Waals surface area contributed by atoms with Gasteiger partial charge in [0, 0.05) is 23.3 Å². The fourth-order valence-corrected chi connectivity index (χ4v) is 5.00. The molecule has 0 spiro atoms. The van der Waals surface area contributed by atoms with E-state index in [-0.39, 0.29) is 11.3 Å². The van der Waals surface area contributed by atoms with Gasteiger partial charge in [0.1, 0.15) is 0 Å². The second-order valence-corrected chi connectivity index (χ2v) is 8.91. The summed E-state index contributed by atoms with van der Waals surface area (Å²) in [5.41, 5.74) is 2.56. The Balaban J connectivity index is 1.67. The summed E-state index contributed by atoms with van der Waals surface area (Å²) < 4.78 is 0. The molecule has 4 heteroatoms. The molecule has 2 bridgehead atoms. The number of hydrogen-bond acceptors (Lipinski definition) is 2. The summed E-state index contributed by atoms with van der Waals surface area (Å²) in [4.78, 5) is 14.9. The van der Waals surface area contributed by atoms with E-state index < -0.39 is 0 Å². The Morgan fingerprint density at radius 1 is 1.35 bits per heavy atom. The molecule has 2 aliphatic rings. The van der Waals surface area contributed by atoms with Crippen molar-refractivity contribution < 1.29 is 4.79 Å². The van der Waals surface area contributed by atoms with E-state index in [1.807, 2.05) is 25.1 Å². The van der Waals surface area contributed by atoms with Crippen molar-refractivity contribution in [3.05, 3.63) is 28.8 Å². The minimum atomic E-state index is 0.204. The Labute approximate surface area is 144 Å². The van der Waals surface area contributed by atoms with Crippen molar-refractivity contribution in [3.63, 3.8) is 0 Å². The van der Waals surface area contributed by atoms with Gasteiger partial charge in [-0.1, -0.05) is 38.4 Å². The highest BCUT2D eigenvalue weighted by molar-refractivity contribution is 6.31. The highest BCUT2D eigenvalue weighted by atomic mass is 35.5. The first-order valence-electron chi connectivity index (χ1n) is 8.48. The van der Waals surface area contributed by atoms with Crippen LogP contribution in [0, 0.1) is 17.8 Å². The summed E-state index contributed by atoms with van der Waals surface area (Å²) in [6, 6.07) is 6.16. The van der Waals surface area contributed by atoms with E-state index in [4.69, 9.17) is 11.6 Å². The molecule has 126 valence electrons. The number of anilines is 1. The summed E-state index contributed by atoms with van der Waals surface area (Å²) >= 11 is 6.14. The van der Waals surface area contributed by atoms with Crippen molar-refractivity contribution in [2.75, 3.05) is 18.4 Å². The molecular weight excluding hydrogens is 308 g/mol. The van der Waals surface area contributed by atoms with Gasteiger partial charge in [-0.25, -0.2) is 0 Å². The lowest BCUT2D eigenvalue weighted by Gasteiger charge is -2.39. The molecule has 1 aromatic rings. The minimum Gasteiger partial charge on any atom is -0.376 e. The van der Waals surface area contributed by atoms with Crippen LogP contribution in [0.2, 0.25) is 5.02 Å². The summed E-state index contributed by atoms with van der Waals surface area (Å²) in [7, 11) is 0. The van der Waals surface area contributed by atoms with Crippen molar-refractivity contribution >= 4 is 23.2 Å². The molecule has 0 radical (unpaired) electrons. The third kappa shape index (κ3) is 3.35. The zero-order valence-corrected chi connectivity index (χ0v) is 15.3. The average molecular weight is 335 g/mol. The van der Waals surface area contributed by atoms with E-state index in [0.29, 0.717) is 18.0 Å². The van der Waals surface area contributed by atoms with E-state index in [2.05, 4.69) is 31.0 Å². The van der Waals surface area contributed by atoms with Gasteiger partial charge in [0.05, 0.1) is 6.54 Å². The van der Waals surface area contributed by atoms with Gasteiger partial charge in [-0.15, -0.1) is 0 Å². The monoisotopic (exact) mass is 334 g/mol. The molecule has 1 saturated carbocycles. The van der Waals surface area contributed by atoms with E-state index in [9.17, 15) is 4.79 Å². The number of nitrogens with zero attached hydrogens (tertiary/aromatic N) is 1. The van der Waals surface area contributed by atoms with Crippen molar-refractivity contribution in [3.8, 4) is 0 Å².